The van der Waals surface area contributed by atoms with Crippen LogP contribution in [0.4, 0.5) is 0 Å². The number of carbonyl (C=O) groups excluding carboxylic acids is 2. The molecule has 0 spiro atoms. The van der Waals surface area contributed by atoms with Gasteiger partial charge in [-0.1, -0.05) is 12.1 Å². The van der Waals surface area contributed by atoms with Crippen LogP contribution in [0.2, 0.25) is 0 Å². The van der Waals surface area contributed by atoms with E-state index in [2.05, 4.69) is 10.6 Å². The molecule has 7 heteroatoms. The van der Waals surface area contributed by atoms with Crippen molar-refractivity contribution < 1.29 is 18.7 Å². The van der Waals surface area contributed by atoms with Gasteiger partial charge in [-0.2, -0.15) is 0 Å². The van der Waals surface area contributed by atoms with Crippen LogP contribution in [-0.4, -0.2) is 42.5 Å². The summed E-state index contributed by atoms with van der Waals surface area (Å²) < 4.78 is 10.9. The third-order valence-corrected chi connectivity index (χ3v) is 4.70. The fourth-order valence-corrected chi connectivity index (χ4v) is 3.28. The molecule has 0 radical (unpaired) electrons. The quantitative estimate of drug-likeness (QED) is 0.726. The predicted octanol–water partition coefficient (Wildman–Crippen LogP) is 1.99. The Morgan fingerprint density at radius 2 is 2.07 bits per heavy atom. The summed E-state index contributed by atoms with van der Waals surface area (Å²) in [6, 6.07) is 11.0. The Kier molecular flexibility index (Phi) is 6.71. The van der Waals surface area contributed by atoms with Crippen LogP contribution in [0.25, 0.3) is 0 Å². The summed E-state index contributed by atoms with van der Waals surface area (Å²) in [6.07, 6.45) is 0.114. The van der Waals surface area contributed by atoms with Crippen molar-refractivity contribution in [2.24, 2.45) is 0 Å². The van der Waals surface area contributed by atoms with Gasteiger partial charge in [0.25, 0.3) is 0 Å². The van der Waals surface area contributed by atoms with Gasteiger partial charge < -0.3 is 19.8 Å². The van der Waals surface area contributed by atoms with Crippen LogP contribution in [0.1, 0.15) is 30.4 Å². The lowest BCUT2D eigenvalue weighted by Gasteiger charge is -2.34. The molecule has 2 amide bonds. The average molecular weight is 385 g/mol. The first-order valence-corrected chi connectivity index (χ1v) is 9.60. The van der Waals surface area contributed by atoms with Gasteiger partial charge in [-0.25, -0.2) is 0 Å². The highest BCUT2D eigenvalue weighted by molar-refractivity contribution is 5.88. The van der Waals surface area contributed by atoms with E-state index in [-0.39, 0.29) is 18.2 Å². The van der Waals surface area contributed by atoms with Crippen molar-refractivity contribution in [3.05, 3.63) is 53.5 Å². The minimum absolute atomic E-state index is 0.110. The Morgan fingerprint density at radius 1 is 1.29 bits per heavy atom. The number of piperazine rings is 1. The molecule has 150 valence electrons. The summed E-state index contributed by atoms with van der Waals surface area (Å²) >= 11 is 0. The Balaban J connectivity index is 1.58. The highest BCUT2D eigenvalue weighted by Gasteiger charge is 2.31. The maximum atomic E-state index is 12.4. The first kappa shape index (κ1) is 19.9. The number of nitrogens with zero attached hydrogens (tertiary/aromatic N) is 1. The van der Waals surface area contributed by atoms with Crippen molar-refractivity contribution in [1.82, 2.24) is 15.5 Å². The first-order valence-electron chi connectivity index (χ1n) is 9.60. The number of aryl methyl sites for hydroxylation is 1. The molecule has 0 bridgehead atoms. The second-order valence-corrected chi connectivity index (χ2v) is 6.85. The second-order valence-electron chi connectivity index (χ2n) is 6.85. The van der Waals surface area contributed by atoms with Crippen molar-refractivity contribution in [3.63, 3.8) is 0 Å². The van der Waals surface area contributed by atoms with Crippen LogP contribution in [0.3, 0.4) is 0 Å². The standard InChI is InChI=1S/C21H27N3O4/c1-3-27-17-8-5-16(6-9-17)14-24-11-10-22-21(26)19(24)12-20(25)23-13-18-7-4-15(2)28-18/h4-9,19H,3,10-14H2,1-2H3,(H,22,26)(H,23,25)/t19-/m0/s1. The van der Waals surface area contributed by atoms with Crippen LogP contribution >= 0.6 is 0 Å². The van der Waals surface area contributed by atoms with Crippen molar-refractivity contribution in [3.8, 4) is 5.75 Å². The number of furan rings is 1. The second kappa shape index (κ2) is 9.41. The third kappa shape index (κ3) is 5.36. The van der Waals surface area contributed by atoms with Crippen LogP contribution in [0.5, 0.6) is 5.75 Å². The fraction of sp³-hybridized carbons (Fsp3) is 0.429. The highest BCUT2D eigenvalue weighted by atomic mass is 16.5. The van der Waals surface area contributed by atoms with Gasteiger partial charge >= 0.3 is 0 Å². The lowest BCUT2D eigenvalue weighted by atomic mass is 10.1. The van der Waals surface area contributed by atoms with Gasteiger partial charge in [-0.3, -0.25) is 14.5 Å². The molecule has 2 heterocycles. The molecular weight excluding hydrogens is 358 g/mol. The summed E-state index contributed by atoms with van der Waals surface area (Å²) in [5, 5.41) is 5.69. The SMILES string of the molecule is CCOc1ccc(CN2CCNC(=O)[C@@H]2CC(=O)NCc2ccc(C)o2)cc1. The Hall–Kier alpha value is -2.80. The van der Waals surface area contributed by atoms with E-state index in [1.807, 2.05) is 55.1 Å². The van der Waals surface area contributed by atoms with E-state index in [1.54, 1.807) is 0 Å². The number of hydrogen-bond donors (Lipinski definition) is 2. The van der Waals surface area contributed by atoms with Crippen molar-refractivity contribution in [2.45, 2.75) is 39.4 Å². The Bertz CT molecular complexity index is 800. The fourth-order valence-electron chi connectivity index (χ4n) is 3.28. The molecule has 2 N–H and O–H groups in total. The maximum absolute atomic E-state index is 12.4. The smallest absolute Gasteiger partial charge is 0.237 e. The van der Waals surface area contributed by atoms with E-state index in [1.165, 1.54) is 0 Å². The molecule has 0 unspecified atom stereocenters. The molecule has 3 rings (SSSR count). The minimum atomic E-state index is -0.487. The van der Waals surface area contributed by atoms with Gasteiger partial charge in [0.05, 0.1) is 25.6 Å². The molecule has 1 saturated heterocycles. The molecule has 1 aliphatic rings. The van der Waals surface area contributed by atoms with Gasteiger partial charge in [0, 0.05) is 19.6 Å². The number of amides is 2. The molecule has 1 atom stereocenters. The molecule has 7 nitrogen and oxygen atoms in total. The molecule has 2 aromatic rings. The molecule has 0 aliphatic carbocycles. The van der Waals surface area contributed by atoms with Gasteiger partial charge in [0.2, 0.25) is 11.8 Å². The van der Waals surface area contributed by atoms with Crippen LogP contribution in [-0.2, 0) is 22.7 Å². The van der Waals surface area contributed by atoms with Crippen molar-refractivity contribution in [1.29, 1.82) is 0 Å². The summed E-state index contributed by atoms with van der Waals surface area (Å²) in [4.78, 5) is 26.8. The van der Waals surface area contributed by atoms with Crippen LogP contribution in [0.15, 0.2) is 40.8 Å². The van der Waals surface area contributed by atoms with E-state index in [9.17, 15) is 9.59 Å². The normalized spacial score (nSPS) is 17.2. The monoisotopic (exact) mass is 385 g/mol. The van der Waals surface area contributed by atoms with Crippen LogP contribution in [0, 0.1) is 6.92 Å². The zero-order valence-electron chi connectivity index (χ0n) is 16.4. The molecular formula is C21H27N3O4. The van der Waals surface area contributed by atoms with Gasteiger partial charge in [0.1, 0.15) is 17.3 Å². The molecule has 1 fully saturated rings. The summed E-state index contributed by atoms with van der Waals surface area (Å²) in [6.45, 7) is 6.64. The summed E-state index contributed by atoms with van der Waals surface area (Å²) in [5.41, 5.74) is 1.08. The van der Waals surface area contributed by atoms with Gasteiger partial charge in [-0.05, 0) is 43.7 Å². The van der Waals surface area contributed by atoms with E-state index < -0.39 is 6.04 Å². The number of nitrogens with one attached hydrogen (secondary N) is 2. The maximum Gasteiger partial charge on any atom is 0.237 e. The Labute approximate surface area is 165 Å². The van der Waals surface area contributed by atoms with E-state index in [0.29, 0.717) is 38.5 Å². The number of hydrogen-bond acceptors (Lipinski definition) is 5. The van der Waals surface area contributed by atoms with Gasteiger partial charge in [0.15, 0.2) is 0 Å². The number of rotatable bonds is 8. The molecule has 1 aromatic carbocycles. The zero-order chi connectivity index (χ0) is 19.9. The van der Waals surface area contributed by atoms with E-state index in [0.717, 1.165) is 17.1 Å². The van der Waals surface area contributed by atoms with E-state index >= 15 is 0 Å². The molecule has 1 aliphatic heterocycles. The number of carbonyl (C=O) groups is 2. The van der Waals surface area contributed by atoms with E-state index in [4.69, 9.17) is 9.15 Å². The summed E-state index contributed by atoms with van der Waals surface area (Å²) in [7, 11) is 0. The molecule has 0 saturated carbocycles. The lowest BCUT2D eigenvalue weighted by molar-refractivity contribution is -0.134. The number of benzene rings is 1. The zero-order valence-corrected chi connectivity index (χ0v) is 16.4. The first-order chi connectivity index (χ1) is 13.5. The van der Waals surface area contributed by atoms with Gasteiger partial charge in [-0.15, -0.1) is 0 Å². The largest absolute Gasteiger partial charge is 0.494 e. The predicted molar refractivity (Wildman–Crippen MR) is 105 cm³/mol. The lowest BCUT2D eigenvalue weighted by Crippen LogP contribution is -2.56. The summed E-state index contributed by atoms with van der Waals surface area (Å²) in [5.74, 6) is 2.04. The number of ether oxygens (including phenoxy) is 1. The Morgan fingerprint density at radius 3 is 2.75 bits per heavy atom. The third-order valence-electron chi connectivity index (χ3n) is 4.70. The highest BCUT2D eigenvalue weighted by Crippen LogP contribution is 2.17. The molecule has 28 heavy (non-hydrogen) atoms. The van der Waals surface area contributed by atoms with Crippen LogP contribution < -0.4 is 15.4 Å². The minimum Gasteiger partial charge on any atom is -0.494 e. The molecule has 1 aromatic heterocycles. The average Bonchev–Trinajstić information content (AvgIpc) is 3.10. The topological polar surface area (TPSA) is 83.8 Å². The van der Waals surface area contributed by atoms with Crippen molar-refractivity contribution in [2.75, 3.05) is 19.7 Å². The van der Waals surface area contributed by atoms with Crippen molar-refractivity contribution >= 4 is 11.8 Å².